The molecule has 0 aliphatic rings. The molecule has 0 saturated heterocycles. The van der Waals surface area contributed by atoms with E-state index in [1.54, 1.807) is 0 Å². The average Bonchev–Trinajstić information content (AvgIpc) is 3.31. The van der Waals surface area contributed by atoms with Crippen molar-refractivity contribution in [2.24, 2.45) is 0 Å². The third-order valence-corrected chi connectivity index (χ3v) is 5.14. The summed E-state index contributed by atoms with van der Waals surface area (Å²) in [5, 5.41) is 8.44. The van der Waals surface area contributed by atoms with Crippen LogP contribution in [-0.2, 0) is 16.0 Å². The first-order valence-corrected chi connectivity index (χ1v) is 10.0. The SMILES string of the molecule is CCC(=O)Nc1ccc(C(C)NC(=O)Cc2csc(-c3ccc(C)o3)n2)cc1. The van der Waals surface area contributed by atoms with Crippen molar-refractivity contribution in [1.82, 2.24) is 10.3 Å². The lowest BCUT2D eigenvalue weighted by atomic mass is 10.1. The number of rotatable bonds is 7. The molecule has 2 N–H and O–H groups in total. The number of thiazole rings is 1. The van der Waals surface area contributed by atoms with Crippen LogP contribution < -0.4 is 10.6 Å². The van der Waals surface area contributed by atoms with Gasteiger partial charge < -0.3 is 15.1 Å². The van der Waals surface area contributed by atoms with Crippen molar-refractivity contribution in [2.75, 3.05) is 5.32 Å². The molecule has 0 spiro atoms. The molecule has 0 bridgehead atoms. The lowest BCUT2D eigenvalue weighted by Crippen LogP contribution is -2.28. The van der Waals surface area contributed by atoms with E-state index in [0.717, 1.165) is 33.5 Å². The maximum Gasteiger partial charge on any atom is 0.226 e. The first-order valence-electron chi connectivity index (χ1n) is 9.15. The first kappa shape index (κ1) is 19.8. The number of amides is 2. The Morgan fingerprint density at radius 3 is 2.54 bits per heavy atom. The van der Waals surface area contributed by atoms with Gasteiger partial charge in [-0.05, 0) is 43.7 Å². The van der Waals surface area contributed by atoms with E-state index in [9.17, 15) is 9.59 Å². The average molecular weight is 398 g/mol. The largest absolute Gasteiger partial charge is 0.459 e. The smallest absolute Gasteiger partial charge is 0.226 e. The van der Waals surface area contributed by atoms with Crippen LogP contribution in [0.2, 0.25) is 0 Å². The molecule has 1 atom stereocenters. The van der Waals surface area contributed by atoms with Crippen LogP contribution in [-0.4, -0.2) is 16.8 Å². The first-order chi connectivity index (χ1) is 13.4. The summed E-state index contributed by atoms with van der Waals surface area (Å²) in [4.78, 5) is 28.3. The quantitative estimate of drug-likeness (QED) is 0.616. The number of nitrogens with one attached hydrogen (secondary N) is 2. The number of benzene rings is 1. The van der Waals surface area contributed by atoms with Crippen molar-refractivity contribution in [3.05, 3.63) is 58.8 Å². The summed E-state index contributed by atoms with van der Waals surface area (Å²) in [6, 6.07) is 11.1. The molecule has 7 heteroatoms. The van der Waals surface area contributed by atoms with Crippen molar-refractivity contribution in [3.8, 4) is 10.8 Å². The number of furan rings is 1. The second-order valence-corrected chi connectivity index (χ2v) is 7.40. The normalized spacial score (nSPS) is 11.8. The van der Waals surface area contributed by atoms with E-state index in [1.165, 1.54) is 11.3 Å². The summed E-state index contributed by atoms with van der Waals surface area (Å²) in [6.07, 6.45) is 0.650. The highest BCUT2D eigenvalue weighted by Crippen LogP contribution is 2.25. The van der Waals surface area contributed by atoms with E-state index in [-0.39, 0.29) is 24.3 Å². The minimum absolute atomic E-state index is 0.0264. The summed E-state index contributed by atoms with van der Waals surface area (Å²) in [7, 11) is 0. The molecule has 0 radical (unpaired) electrons. The van der Waals surface area contributed by atoms with Gasteiger partial charge in [0.05, 0.1) is 18.2 Å². The molecule has 2 heterocycles. The molecule has 0 aliphatic heterocycles. The van der Waals surface area contributed by atoms with Gasteiger partial charge in [0.25, 0.3) is 0 Å². The molecular weight excluding hydrogens is 374 g/mol. The highest BCUT2D eigenvalue weighted by atomic mass is 32.1. The van der Waals surface area contributed by atoms with E-state index >= 15 is 0 Å². The maximum absolute atomic E-state index is 12.4. The summed E-state index contributed by atoms with van der Waals surface area (Å²) in [6.45, 7) is 5.62. The Labute approximate surface area is 168 Å². The fourth-order valence-corrected chi connectivity index (χ4v) is 3.48. The molecule has 2 amide bonds. The third-order valence-electron chi connectivity index (χ3n) is 4.24. The zero-order chi connectivity index (χ0) is 20.1. The molecule has 2 aromatic heterocycles. The molecule has 3 aromatic rings. The van der Waals surface area contributed by atoms with E-state index < -0.39 is 0 Å². The van der Waals surface area contributed by atoms with Crippen LogP contribution in [0.1, 0.15) is 43.3 Å². The van der Waals surface area contributed by atoms with Crippen molar-refractivity contribution < 1.29 is 14.0 Å². The number of carbonyl (C=O) groups is 2. The molecule has 1 unspecified atom stereocenters. The van der Waals surface area contributed by atoms with Crippen molar-refractivity contribution >= 4 is 28.8 Å². The molecule has 28 heavy (non-hydrogen) atoms. The summed E-state index contributed by atoms with van der Waals surface area (Å²) in [5.74, 6) is 1.43. The van der Waals surface area contributed by atoms with Crippen molar-refractivity contribution in [3.63, 3.8) is 0 Å². The van der Waals surface area contributed by atoms with Gasteiger partial charge in [-0.15, -0.1) is 11.3 Å². The number of anilines is 1. The number of nitrogens with zero attached hydrogens (tertiary/aromatic N) is 1. The zero-order valence-corrected chi connectivity index (χ0v) is 16.9. The van der Waals surface area contributed by atoms with Gasteiger partial charge in [0.15, 0.2) is 10.8 Å². The Balaban J connectivity index is 1.55. The van der Waals surface area contributed by atoms with Crippen LogP contribution in [0.25, 0.3) is 10.8 Å². The predicted molar refractivity (Wildman–Crippen MR) is 110 cm³/mol. The number of hydrogen-bond donors (Lipinski definition) is 2. The predicted octanol–water partition coefficient (Wildman–Crippen LogP) is 4.48. The Bertz CT molecular complexity index is 959. The van der Waals surface area contributed by atoms with Gasteiger partial charge in [-0.3, -0.25) is 9.59 Å². The van der Waals surface area contributed by atoms with E-state index in [0.29, 0.717) is 6.42 Å². The third kappa shape index (κ3) is 5.07. The van der Waals surface area contributed by atoms with Crippen molar-refractivity contribution in [1.29, 1.82) is 0 Å². The lowest BCUT2D eigenvalue weighted by molar-refractivity contribution is -0.121. The molecule has 3 rings (SSSR count). The van der Waals surface area contributed by atoms with E-state index in [4.69, 9.17) is 4.42 Å². The minimum Gasteiger partial charge on any atom is -0.459 e. The molecule has 6 nitrogen and oxygen atoms in total. The second-order valence-electron chi connectivity index (χ2n) is 6.54. The molecule has 0 saturated carbocycles. The van der Waals surface area contributed by atoms with Crippen LogP contribution in [0.15, 0.2) is 46.2 Å². The fraction of sp³-hybridized carbons (Fsp3) is 0.286. The Hall–Kier alpha value is -2.93. The highest BCUT2D eigenvalue weighted by molar-refractivity contribution is 7.13. The Morgan fingerprint density at radius 2 is 1.89 bits per heavy atom. The second kappa shape index (κ2) is 8.84. The number of carbonyl (C=O) groups excluding carboxylic acids is 2. The van der Waals surface area contributed by atoms with Gasteiger partial charge in [-0.25, -0.2) is 4.98 Å². The summed E-state index contributed by atoms with van der Waals surface area (Å²) >= 11 is 1.46. The van der Waals surface area contributed by atoms with Crippen LogP contribution in [0.4, 0.5) is 5.69 Å². The molecule has 146 valence electrons. The van der Waals surface area contributed by atoms with Crippen LogP contribution in [0.3, 0.4) is 0 Å². The minimum atomic E-state index is -0.144. The summed E-state index contributed by atoms with van der Waals surface area (Å²) in [5.41, 5.74) is 2.43. The lowest BCUT2D eigenvalue weighted by Gasteiger charge is -2.14. The molecule has 0 aliphatic carbocycles. The highest BCUT2D eigenvalue weighted by Gasteiger charge is 2.14. The number of hydrogen-bond acceptors (Lipinski definition) is 5. The molecule has 1 aromatic carbocycles. The molecule has 0 fully saturated rings. The van der Waals surface area contributed by atoms with Gasteiger partial charge in [0, 0.05) is 17.5 Å². The fourth-order valence-electron chi connectivity index (χ4n) is 2.70. The van der Waals surface area contributed by atoms with Gasteiger partial charge in [-0.2, -0.15) is 0 Å². The Morgan fingerprint density at radius 1 is 1.14 bits per heavy atom. The van der Waals surface area contributed by atoms with Gasteiger partial charge in [0.1, 0.15) is 5.76 Å². The zero-order valence-electron chi connectivity index (χ0n) is 16.1. The summed E-state index contributed by atoms with van der Waals surface area (Å²) < 4.78 is 5.57. The van der Waals surface area contributed by atoms with E-state index in [1.807, 2.05) is 62.5 Å². The molecular formula is C21H23N3O3S. The van der Waals surface area contributed by atoms with Gasteiger partial charge in [0.2, 0.25) is 11.8 Å². The van der Waals surface area contributed by atoms with Gasteiger partial charge >= 0.3 is 0 Å². The number of aryl methyl sites for hydroxylation is 1. The van der Waals surface area contributed by atoms with Crippen LogP contribution >= 0.6 is 11.3 Å². The standard InChI is InChI=1S/C21H23N3O3S/c1-4-19(25)23-16-8-6-15(7-9-16)14(3)22-20(26)11-17-12-28-21(24-17)18-10-5-13(2)27-18/h5-10,12,14H,4,11H2,1-3H3,(H,22,26)(H,23,25). The van der Waals surface area contributed by atoms with E-state index in [2.05, 4.69) is 15.6 Å². The Kier molecular flexibility index (Phi) is 6.26. The monoisotopic (exact) mass is 397 g/mol. The van der Waals surface area contributed by atoms with Crippen molar-refractivity contribution in [2.45, 2.75) is 39.7 Å². The van der Waals surface area contributed by atoms with Gasteiger partial charge in [-0.1, -0.05) is 19.1 Å². The number of aromatic nitrogens is 1. The van der Waals surface area contributed by atoms with Crippen LogP contribution in [0, 0.1) is 6.92 Å². The topological polar surface area (TPSA) is 84.2 Å². The maximum atomic E-state index is 12.4. The van der Waals surface area contributed by atoms with Crippen LogP contribution in [0.5, 0.6) is 0 Å².